The Morgan fingerprint density at radius 2 is 1.44 bits per heavy atom. The van der Waals surface area contributed by atoms with Crippen molar-refractivity contribution in [2.45, 2.75) is 52.1 Å². The van der Waals surface area contributed by atoms with Gasteiger partial charge in [0.05, 0.1) is 0 Å². The van der Waals surface area contributed by atoms with Gasteiger partial charge in [0, 0.05) is 30.4 Å². The number of carbonyl (C=O) groups is 2. The van der Waals surface area contributed by atoms with Gasteiger partial charge in [-0.25, -0.2) is 0 Å². The van der Waals surface area contributed by atoms with Gasteiger partial charge in [0.2, 0.25) is 11.8 Å². The van der Waals surface area contributed by atoms with Crippen LogP contribution in [0.4, 0.5) is 0 Å². The molecule has 0 aliphatic carbocycles. The molecule has 0 aromatic heterocycles. The molecule has 0 radical (unpaired) electrons. The second-order valence-electron chi connectivity index (χ2n) is 8.42. The van der Waals surface area contributed by atoms with E-state index in [0.29, 0.717) is 32.4 Å². The Morgan fingerprint density at radius 1 is 0.824 bits per heavy atom. The van der Waals surface area contributed by atoms with Crippen molar-refractivity contribution >= 4 is 27.7 Å². The van der Waals surface area contributed by atoms with Gasteiger partial charge in [-0.3, -0.25) is 9.59 Å². The summed E-state index contributed by atoms with van der Waals surface area (Å²) < 4.78 is 0.981. The molecular formula is C29H33BrN2O2. The summed E-state index contributed by atoms with van der Waals surface area (Å²) in [6, 6.07) is 25.6. The van der Waals surface area contributed by atoms with Crippen molar-refractivity contribution in [3.63, 3.8) is 0 Å². The molecule has 2 amide bonds. The maximum Gasteiger partial charge on any atom is 0.243 e. The molecule has 34 heavy (non-hydrogen) atoms. The van der Waals surface area contributed by atoms with Crippen LogP contribution in [0.2, 0.25) is 0 Å². The van der Waals surface area contributed by atoms with Crippen LogP contribution in [-0.4, -0.2) is 29.3 Å². The molecule has 0 unspecified atom stereocenters. The summed E-state index contributed by atoms with van der Waals surface area (Å²) in [6.45, 7) is 4.94. The van der Waals surface area contributed by atoms with Gasteiger partial charge in [-0.15, -0.1) is 0 Å². The van der Waals surface area contributed by atoms with Crippen molar-refractivity contribution in [3.8, 4) is 0 Å². The first-order valence-electron chi connectivity index (χ1n) is 11.9. The Balaban J connectivity index is 1.85. The van der Waals surface area contributed by atoms with E-state index in [4.69, 9.17) is 0 Å². The van der Waals surface area contributed by atoms with Crippen molar-refractivity contribution in [2.24, 2.45) is 0 Å². The van der Waals surface area contributed by atoms with Crippen LogP contribution in [0.1, 0.15) is 42.5 Å². The zero-order valence-electron chi connectivity index (χ0n) is 20.0. The number of carbonyl (C=O) groups excluding carboxylic acids is 2. The van der Waals surface area contributed by atoms with Crippen molar-refractivity contribution in [1.29, 1.82) is 0 Å². The summed E-state index contributed by atoms with van der Waals surface area (Å²) in [5.74, 6) is -0.140. The van der Waals surface area contributed by atoms with E-state index in [2.05, 4.69) is 52.4 Å². The molecule has 0 saturated heterocycles. The normalized spacial score (nSPS) is 11.6. The van der Waals surface area contributed by atoms with Crippen LogP contribution in [0.15, 0.2) is 83.3 Å². The van der Waals surface area contributed by atoms with E-state index in [1.54, 1.807) is 4.90 Å². The number of benzene rings is 3. The minimum atomic E-state index is -0.582. The van der Waals surface area contributed by atoms with Gasteiger partial charge in [0.1, 0.15) is 6.04 Å². The number of hydrogen-bond acceptors (Lipinski definition) is 2. The number of nitrogens with one attached hydrogen (secondary N) is 1. The lowest BCUT2D eigenvalue weighted by molar-refractivity contribution is -0.141. The maximum atomic E-state index is 13.6. The first kappa shape index (κ1) is 25.7. The van der Waals surface area contributed by atoms with Crippen LogP contribution in [0, 0.1) is 0 Å². The fourth-order valence-corrected chi connectivity index (χ4v) is 4.23. The molecule has 0 heterocycles. The molecule has 3 aromatic carbocycles. The van der Waals surface area contributed by atoms with E-state index in [1.807, 2.05) is 61.5 Å². The predicted octanol–water partition coefficient (Wildman–Crippen LogP) is 5.72. The molecule has 0 fully saturated rings. The molecular weight excluding hydrogens is 488 g/mol. The fraction of sp³-hybridized carbons (Fsp3) is 0.310. The monoisotopic (exact) mass is 520 g/mol. The molecule has 3 rings (SSSR count). The third-order valence-corrected chi connectivity index (χ3v) is 6.48. The number of nitrogens with zero attached hydrogens (tertiary/aromatic N) is 1. The topological polar surface area (TPSA) is 49.4 Å². The van der Waals surface area contributed by atoms with Gasteiger partial charge in [0.25, 0.3) is 0 Å². The summed E-state index contributed by atoms with van der Waals surface area (Å²) in [5, 5.41) is 2.94. The van der Waals surface area contributed by atoms with Gasteiger partial charge in [-0.05, 0) is 54.2 Å². The number of hydrogen-bond donors (Lipinski definition) is 1. The SMILES string of the molecule is CCNC(=O)[C@@H](Cc1ccccc1)N(Cc1ccc(Br)cc1)C(=O)CCc1ccc(CC)cc1. The third-order valence-electron chi connectivity index (χ3n) is 5.95. The zero-order valence-corrected chi connectivity index (χ0v) is 21.6. The Labute approximate surface area is 211 Å². The van der Waals surface area contributed by atoms with E-state index in [1.165, 1.54) is 5.56 Å². The highest BCUT2D eigenvalue weighted by Gasteiger charge is 2.29. The molecule has 0 saturated carbocycles. The quantitative estimate of drug-likeness (QED) is 0.351. The standard InChI is InChI=1S/C29H33BrN2O2/c1-3-22-10-12-23(13-11-22)16-19-28(33)32(21-25-14-17-26(30)18-15-25)27(29(34)31-4-2)20-24-8-6-5-7-9-24/h5-15,17-18,27H,3-4,16,19-21H2,1-2H3,(H,31,34)/t27-/m1/s1. The molecule has 0 aliphatic rings. The van der Waals surface area contributed by atoms with E-state index < -0.39 is 6.04 Å². The van der Waals surface area contributed by atoms with E-state index in [9.17, 15) is 9.59 Å². The molecule has 3 aromatic rings. The number of halogens is 1. The molecule has 178 valence electrons. The smallest absolute Gasteiger partial charge is 0.243 e. The van der Waals surface area contributed by atoms with Crippen molar-refractivity contribution in [3.05, 3.63) is 106 Å². The maximum absolute atomic E-state index is 13.6. The third kappa shape index (κ3) is 7.56. The Bertz CT molecular complexity index is 1050. The molecule has 1 atom stereocenters. The van der Waals surface area contributed by atoms with Gasteiger partial charge >= 0.3 is 0 Å². The first-order chi connectivity index (χ1) is 16.5. The summed E-state index contributed by atoms with van der Waals surface area (Å²) in [5.41, 5.74) is 4.44. The molecule has 4 nitrogen and oxygen atoms in total. The van der Waals surface area contributed by atoms with E-state index in [-0.39, 0.29) is 11.8 Å². The van der Waals surface area contributed by atoms with Gasteiger partial charge in [0.15, 0.2) is 0 Å². The Morgan fingerprint density at radius 3 is 2.06 bits per heavy atom. The second kappa shape index (κ2) is 13.1. The summed E-state index contributed by atoms with van der Waals surface area (Å²) in [4.78, 5) is 28.5. The molecule has 0 spiro atoms. The lowest BCUT2D eigenvalue weighted by Gasteiger charge is -2.31. The lowest BCUT2D eigenvalue weighted by atomic mass is 10.0. The number of likely N-dealkylation sites (N-methyl/N-ethyl adjacent to an activating group) is 1. The van der Waals surface area contributed by atoms with Crippen LogP contribution >= 0.6 is 15.9 Å². The average molecular weight is 521 g/mol. The minimum Gasteiger partial charge on any atom is -0.355 e. The van der Waals surface area contributed by atoms with E-state index in [0.717, 1.165) is 27.6 Å². The van der Waals surface area contributed by atoms with Crippen molar-refractivity contribution in [2.75, 3.05) is 6.54 Å². The number of amides is 2. The first-order valence-corrected chi connectivity index (χ1v) is 12.7. The van der Waals surface area contributed by atoms with Crippen LogP contribution in [0.25, 0.3) is 0 Å². The largest absolute Gasteiger partial charge is 0.355 e. The molecule has 0 aliphatic heterocycles. The highest BCUT2D eigenvalue weighted by atomic mass is 79.9. The van der Waals surface area contributed by atoms with Gasteiger partial charge < -0.3 is 10.2 Å². The van der Waals surface area contributed by atoms with Gasteiger partial charge in [-0.1, -0.05) is 89.6 Å². The molecule has 0 bridgehead atoms. The summed E-state index contributed by atoms with van der Waals surface area (Å²) >= 11 is 3.47. The molecule has 5 heteroatoms. The summed E-state index contributed by atoms with van der Waals surface area (Å²) in [6.07, 6.45) is 2.47. The van der Waals surface area contributed by atoms with Crippen LogP contribution in [0.5, 0.6) is 0 Å². The summed E-state index contributed by atoms with van der Waals surface area (Å²) in [7, 11) is 0. The zero-order chi connectivity index (χ0) is 24.3. The Hall–Kier alpha value is -2.92. The van der Waals surface area contributed by atoms with Crippen LogP contribution in [-0.2, 0) is 35.4 Å². The lowest BCUT2D eigenvalue weighted by Crippen LogP contribution is -2.50. The van der Waals surface area contributed by atoms with E-state index >= 15 is 0 Å². The van der Waals surface area contributed by atoms with Crippen LogP contribution < -0.4 is 5.32 Å². The van der Waals surface area contributed by atoms with Crippen molar-refractivity contribution < 1.29 is 9.59 Å². The number of rotatable bonds is 11. The van der Waals surface area contributed by atoms with Crippen molar-refractivity contribution in [1.82, 2.24) is 10.2 Å². The fourth-order valence-electron chi connectivity index (χ4n) is 3.97. The average Bonchev–Trinajstić information content (AvgIpc) is 2.87. The Kier molecular flexibility index (Phi) is 9.89. The highest BCUT2D eigenvalue weighted by molar-refractivity contribution is 9.10. The minimum absolute atomic E-state index is 0.0188. The van der Waals surface area contributed by atoms with Crippen LogP contribution in [0.3, 0.4) is 0 Å². The number of aryl methyl sites for hydroxylation is 2. The van der Waals surface area contributed by atoms with Gasteiger partial charge in [-0.2, -0.15) is 0 Å². The molecule has 1 N–H and O–H groups in total. The highest BCUT2D eigenvalue weighted by Crippen LogP contribution is 2.19. The predicted molar refractivity (Wildman–Crippen MR) is 141 cm³/mol. The second-order valence-corrected chi connectivity index (χ2v) is 9.33.